The van der Waals surface area contributed by atoms with Gasteiger partial charge >= 0.3 is 0 Å². The predicted molar refractivity (Wildman–Crippen MR) is 281 cm³/mol. The van der Waals surface area contributed by atoms with Gasteiger partial charge in [-0.15, -0.1) is 53.6 Å². The van der Waals surface area contributed by atoms with Crippen molar-refractivity contribution in [3.05, 3.63) is 210 Å². The summed E-state index contributed by atoms with van der Waals surface area (Å²) in [7, 11) is 0. The second-order valence-corrected chi connectivity index (χ2v) is 22.5. The molecule has 1 aliphatic rings. The van der Waals surface area contributed by atoms with Gasteiger partial charge in [0.05, 0.1) is 0 Å². The molecule has 0 unspecified atom stereocenters. The van der Waals surface area contributed by atoms with Crippen molar-refractivity contribution in [2.24, 2.45) is 5.41 Å². The number of anilines is 2. The smallest absolute Gasteiger partial charge is 0.135 e. The van der Waals surface area contributed by atoms with Crippen LogP contribution in [0.4, 0.5) is 11.4 Å². The van der Waals surface area contributed by atoms with Crippen LogP contribution in [0.3, 0.4) is 0 Å². The summed E-state index contributed by atoms with van der Waals surface area (Å²) in [5.74, 6) is 2.08. The van der Waals surface area contributed by atoms with Gasteiger partial charge in [-0.2, -0.15) is 6.07 Å². The molecular formula is C62H65N4OPt-3. The van der Waals surface area contributed by atoms with E-state index in [1.165, 1.54) is 27.8 Å². The third-order valence-electron chi connectivity index (χ3n) is 13.8. The maximum atomic E-state index is 6.91. The van der Waals surface area contributed by atoms with E-state index in [0.29, 0.717) is 11.5 Å². The summed E-state index contributed by atoms with van der Waals surface area (Å²) >= 11 is 0. The van der Waals surface area contributed by atoms with E-state index in [9.17, 15) is 0 Å². The molecule has 0 N–H and O–H groups in total. The average Bonchev–Trinajstić information content (AvgIpc) is 3.90. The first-order chi connectivity index (χ1) is 31.6. The van der Waals surface area contributed by atoms with Gasteiger partial charge < -0.3 is 19.1 Å². The second-order valence-electron chi connectivity index (χ2n) is 22.5. The van der Waals surface area contributed by atoms with E-state index in [4.69, 9.17) is 9.72 Å². The Kier molecular flexibility index (Phi) is 12.8. The van der Waals surface area contributed by atoms with Gasteiger partial charge in [-0.3, -0.25) is 0 Å². The summed E-state index contributed by atoms with van der Waals surface area (Å²) < 4.78 is 9.13. The third kappa shape index (κ3) is 9.32. The summed E-state index contributed by atoms with van der Waals surface area (Å²) in [6.45, 7) is 31.9. The molecule has 8 aromatic rings. The summed E-state index contributed by atoms with van der Waals surface area (Å²) in [5, 5.41) is 2.22. The number of rotatable bonds is 9. The molecule has 0 spiro atoms. The number of aromatic nitrogens is 2. The van der Waals surface area contributed by atoms with Gasteiger partial charge in [-0.1, -0.05) is 180 Å². The van der Waals surface area contributed by atoms with Gasteiger partial charge in [0, 0.05) is 71.9 Å². The zero-order chi connectivity index (χ0) is 47.7. The minimum Gasteiger partial charge on any atom is -0.509 e. The summed E-state index contributed by atoms with van der Waals surface area (Å²) in [5.41, 5.74) is 11.8. The first-order valence-electron chi connectivity index (χ1n) is 23.7. The molecular weight excluding hydrogens is 1010 g/mol. The molecule has 5 nitrogen and oxygen atoms in total. The number of fused-ring (bicyclic) bond motifs is 3. The van der Waals surface area contributed by atoms with Crippen molar-refractivity contribution in [3.8, 4) is 17.3 Å². The standard InChI is InChI=1S/C62H65N4O.Pt/c1-58(2,3)45-32-47(62(12,13)43-24-18-15-19-25-43)35-48(33-45)64-40-56(60(7,8)9)65(41-64)49-34-46(59(4,5)6)36-51(38-49)67-50-28-29-53-52-26-20-21-27-54(52)66(55(53)39-50)57-37-44(30-31-63-57)61(10,11)42-22-16-14-17-23-42;/h14-37,40-41H,1-13H3;/q-3;. The number of hydrogen-bond donors (Lipinski definition) is 0. The van der Waals surface area contributed by atoms with E-state index >= 15 is 0 Å². The molecule has 1 aliphatic heterocycles. The van der Waals surface area contributed by atoms with Gasteiger partial charge in [0.1, 0.15) is 5.82 Å². The predicted octanol–water partition coefficient (Wildman–Crippen LogP) is 16.1. The van der Waals surface area contributed by atoms with Crippen LogP contribution in [0.1, 0.15) is 123 Å². The number of allylic oxidation sites excluding steroid dienone is 1. The molecule has 6 aromatic carbocycles. The van der Waals surface area contributed by atoms with E-state index in [0.717, 1.165) is 50.3 Å². The van der Waals surface area contributed by atoms with Crippen LogP contribution < -0.4 is 14.5 Å². The zero-order valence-corrected chi connectivity index (χ0v) is 44.3. The van der Waals surface area contributed by atoms with E-state index < -0.39 is 0 Å². The quantitative estimate of drug-likeness (QED) is 0.135. The van der Waals surface area contributed by atoms with E-state index in [1.54, 1.807) is 0 Å². The van der Waals surface area contributed by atoms with Gasteiger partial charge in [0.25, 0.3) is 0 Å². The molecule has 68 heavy (non-hydrogen) atoms. The van der Waals surface area contributed by atoms with Crippen molar-refractivity contribution in [2.45, 2.75) is 112 Å². The minimum atomic E-state index is -0.230. The van der Waals surface area contributed by atoms with Crippen LogP contribution in [0.25, 0.3) is 27.6 Å². The molecule has 2 aromatic heterocycles. The van der Waals surface area contributed by atoms with Crippen LogP contribution >= 0.6 is 0 Å². The van der Waals surface area contributed by atoms with E-state index in [-0.39, 0.29) is 48.1 Å². The van der Waals surface area contributed by atoms with E-state index in [2.05, 4.69) is 263 Å². The first kappa shape index (κ1) is 48.6. The van der Waals surface area contributed by atoms with Crippen LogP contribution in [0.5, 0.6) is 11.5 Å². The minimum absolute atomic E-state index is 0. The van der Waals surface area contributed by atoms with Crippen LogP contribution in [0.2, 0.25) is 0 Å². The number of ether oxygens (including phenoxy) is 1. The Labute approximate surface area is 420 Å². The fraction of sp³-hybridized carbons (Fsp3) is 0.290. The molecule has 0 fully saturated rings. The van der Waals surface area contributed by atoms with Gasteiger partial charge in [0.15, 0.2) is 0 Å². The van der Waals surface area contributed by atoms with Crippen molar-refractivity contribution in [1.82, 2.24) is 9.55 Å². The van der Waals surface area contributed by atoms with Gasteiger partial charge in [-0.05, 0) is 80.6 Å². The van der Waals surface area contributed by atoms with Crippen molar-refractivity contribution in [1.29, 1.82) is 0 Å². The van der Waals surface area contributed by atoms with Crippen LogP contribution in [-0.4, -0.2) is 9.55 Å². The summed E-state index contributed by atoms with van der Waals surface area (Å²) in [4.78, 5) is 9.57. The van der Waals surface area contributed by atoms with Crippen LogP contribution in [0.15, 0.2) is 158 Å². The Bertz CT molecular complexity index is 3140. The van der Waals surface area contributed by atoms with Crippen LogP contribution in [0, 0.1) is 24.2 Å². The molecule has 0 amide bonds. The SMILES string of the molecule is CC(C)(C)C1=CN(c2cc(C(C)(C)C)cc(C(C)(C)c3ccccc3)c2)[CH-]N1c1[c-]c(Oc2[c-]c3c(cc2)c2ccccc2n3-c2cc(C(C)(C)c3ccccc3)ccn2)cc(C(C)(C)C)c1.[Pt]. The molecule has 9 rings (SSSR count). The van der Waals surface area contributed by atoms with Crippen molar-refractivity contribution >= 4 is 33.2 Å². The largest absolute Gasteiger partial charge is 0.509 e. The Balaban J connectivity index is 0.00000625. The average molecular weight is 1080 g/mol. The third-order valence-corrected chi connectivity index (χ3v) is 13.8. The fourth-order valence-electron chi connectivity index (χ4n) is 9.27. The Morgan fingerprint density at radius 3 is 1.72 bits per heavy atom. The van der Waals surface area contributed by atoms with Crippen LogP contribution in [-0.2, 0) is 42.7 Å². The number of hydrogen-bond acceptors (Lipinski definition) is 4. The summed E-state index contributed by atoms with van der Waals surface area (Å²) in [6, 6.07) is 57.5. The molecule has 0 saturated carbocycles. The molecule has 6 heteroatoms. The maximum absolute atomic E-state index is 6.91. The topological polar surface area (TPSA) is 33.5 Å². The summed E-state index contributed by atoms with van der Waals surface area (Å²) in [6.07, 6.45) is 4.22. The molecule has 0 bridgehead atoms. The molecule has 0 aliphatic carbocycles. The van der Waals surface area contributed by atoms with Gasteiger partial charge in [0.2, 0.25) is 0 Å². The number of nitrogens with zero attached hydrogens (tertiary/aromatic N) is 4. The number of benzene rings is 6. The molecule has 3 heterocycles. The molecule has 0 radical (unpaired) electrons. The second kappa shape index (κ2) is 17.9. The van der Waals surface area contributed by atoms with Crippen molar-refractivity contribution in [3.63, 3.8) is 0 Å². The first-order valence-corrected chi connectivity index (χ1v) is 23.7. The van der Waals surface area contributed by atoms with Crippen molar-refractivity contribution in [2.75, 3.05) is 9.80 Å². The Hall–Kier alpha value is -5.90. The number of para-hydroxylation sites is 1. The Morgan fingerprint density at radius 1 is 0.500 bits per heavy atom. The fourth-order valence-corrected chi connectivity index (χ4v) is 9.27. The number of pyridine rings is 1. The van der Waals surface area contributed by atoms with Crippen molar-refractivity contribution < 1.29 is 25.8 Å². The maximum Gasteiger partial charge on any atom is 0.135 e. The van der Waals surface area contributed by atoms with Gasteiger partial charge in [-0.25, -0.2) is 4.98 Å². The zero-order valence-electron chi connectivity index (χ0n) is 42.0. The monoisotopic (exact) mass is 1080 g/mol. The normalized spacial score (nSPS) is 13.8. The molecule has 0 atom stereocenters. The molecule has 352 valence electrons. The van der Waals surface area contributed by atoms with E-state index in [1.807, 2.05) is 12.3 Å². The Morgan fingerprint density at radius 2 is 1.09 bits per heavy atom. The molecule has 0 saturated heterocycles.